The number of rotatable bonds is 3. The molecule has 2 N–H and O–H groups in total. The zero-order valence-electron chi connectivity index (χ0n) is 10.7. The summed E-state index contributed by atoms with van der Waals surface area (Å²) in [4.78, 5) is 2.26. The quantitative estimate of drug-likeness (QED) is 0.914. The van der Waals surface area contributed by atoms with Gasteiger partial charge < -0.3 is 5.73 Å². The Morgan fingerprint density at radius 1 is 1.56 bits per heavy atom. The van der Waals surface area contributed by atoms with Crippen LogP contribution in [-0.4, -0.2) is 24.5 Å². The van der Waals surface area contributed by atoms with Crippen LogP contribution in [0.15, 0.2) is 18.2 Å². The third-order valence-electron chi connectivity index (χ3n) is 3.69. The molecule has 0 spiro atoms. The Morgan fingerprint density at radius 2 is 2.33 bits per heavy atom. The Balaban J connectivity index is 2.27. The van der Waals surface area contributed by atoms with Crippen LogP contribution in [-0.2, 0) is 0 Å². The molecule has 100 valence electrons. The van der Waals surface area contributed by atoms with Gasteiger partial charge in [-0.2, -0.15) is 0 Å². The summed E-state index contributed by atoms with van der Waals surface area (Å²) < 4.78 is 14.0. The number of nitrogens with zero attached hydrogens (tertiary/aromatic N) is 1. The van der Waals surface area contributed by atoms with Crippen molar-refractivity contribution in [1.29, 1.82) is 0 Å². The molecular weight excluding hydrogens is 251 g/mol. The van der Waals surface area contributed by atoms with Crippen molar-refractivity contribution in [3.8, 4) is 0 Å². The fourth-order valence-corrected chi connectivity index (χ4v) is 3.08. The second-order valence-electron chi connectivity index (χ2n) is 5.13. The molecule has 0 radical (unpaired) electrons. The first-order valence-electron chi connectivity index (χ1n) is 6.51. The van der Waals surface area contributed by atoms with Crippen LogP contribution >= 0.6 is 11.6 Å². The molecule has 1 heterocycles. The van der Waals surface area contributed by atoms with Gasteiger partial charge in [0.15, 0.2) is 0 Å². The molecule has 0 bridgehead atoms. The van der Waals surface area contributed by atoms with E-state index in [2.05, 4.69) is 11.8 Å². The summed E-state index contributed by atoms with van der Waals surface area (Å²) in [5, 5.41) is 0.476. The number of hydrogen-bond acceptors (Lipinski definition) is 2. The molecule has 2 rings (SSSR count). The van der Waals surface area contributed by atoms with E-state index >= 15 is 0 Å². The minimum absolute atomic E-state index is 0.110. The van der Waals surface area contributed by atoms with Gasteiger partial charge in [0.2, 0.25) is 0 Å². The molecule has 1 aliphatic heterocycles. The van der Waals surface area contributed by atoms with Crippen LogP contribution in [0.25, 0.3) is 0 Å². The van der Waals surface area contributed by atoms with Crippen molar-refractivity contribution in [2.45, 2.75) is 25.8 Å². The summed E-state index contributed by atoms with van der Waals surface area (Å²) in [6.07, 6.45) is 2.38. The van der Waals surface area contributed by atoms with Crippen LogP contribution in [0.4, 0.5) is 4.39 Å². The van der Waals surface area contributed by atoms with Crippen molar-refractivity contribution in [3.05, 3.63) is 34.6 Å². The van der Waals surface area contributed by atoms with Gasteiger partial charge in [-0.1, -0.05) is 24.6 Å². The van der Waals surface area contributed by atoms with Crippen LogP contribution in [0.3, 0.4) is 0 Å². The molecule has 1 aromatic rings. The zero-order valence-corrected chi connectivity index (χ0v) is 11.5. The van der Waals surface area contributed by atoms with E-state index < -0.39 is 0 Å². The highest BCUT2D eigenvalue weighted by molar-refractivity contribution is 6.31. The lowest BCUT2D eigenvalue weighted by molar-refractivity contribution is 0.131. The van der Waals surface area contributed by atoms with E-state index in [9.17, 15) is 4.39 Å². The Morgan fingerprint density at radius 3 is 2.94 bits per heavy atom. The van der Waals surface area contributed by atoms with E-state index in [1.54, 1.807) is 12.1 Å². The van der Waals surface area contributed by atoms with Crippen LogP contribution in [0.2, 0.25) is 5.02 Å². The van der Waals surface area contributed by atoms with Crippen molar-refractivity contribution in [1.82, 2.24) is 4.90 Å². The monoisotopic (exact) mass is 270 g/mol. The molecule has 4 heteroatoms. The van der Waals surface area contributed by atoms with Crippen molar-refractivity contribution in [2.75, 3.05) is 19.6 Å². The largest absolute Gasteiger partial charge is 0.329 e. The van der Waals surface area contributed by atoms with Gasteiger partial charge in [0.25, 0.3) is 0 Å². The zero-order chi connectivity index (χ0) is 13.1. The van der Waals surface area contributed by atoms with E-state index in [1.807, 2.05) is 0 Å². The fraction of sp³-hybridized carbons (Fsp3) is 0.571. The molecule has 0 saturated carbocycles. The van der Waals surface area contributed by atoms with Crippen LogP contribution in [0.5, 0.6) is 0 Å². The van der Waals surface area contributed by atoms with E-state index in [0.29, 0.717) is 23.0 Å². The standard InChI is InChI=1S/C14H20ClFN2/c1-10-4-3-7-18(9-10)13(8-17)14-11(15)5-2-6-12(14)16/h2,5-6,10,13H,3-4,7-9,17H2,1H3/t10-,13+/m1/s1. The van der Waals surface area contributed by atoms with E-state index in [0.717, 1.165) is 19.5 Å². The number of halogens is 2. The number of piperidine rings is 1. The minimum Gasteiger partial charge on any atom is -0.329 e. The van der Waals surface area contributed by atoms with Gasteiger partial charge in [-0.05, 0) is 37.4 Å². The molecule has 0 aromatic heterocycles. The summed E-state index contributed by atoms with van der Waals surface area (Å²) in [6.45, 7) is 4.56. The third kappa shape index (κ3) is 2.85. The summed E-state index contributed by atoms with van der Waals surface area (Å²) in [7, 11) is 0. The highest BCUT2D eigenvalue weighted by Crippen LogP contribution is 2.32. The first-order chi connectivity index (χ1) is 8.63. The predicted molar refractivity (Wildman–Crippen MR) is 73.2 cm³/mol. The van der Waals surface area contributed by atoms with E-state index in [4.69, 9.17) is 17.3 Å². The molecule has 1 saturated heterocycles. The Labute approximate surface area is 113 Å². The predicted octanol–water partition coefficient (Wildman–Crippen LogP) is 3.21. The molecule has 1 fully saturated rings. The smallest absolute Gasteiger partial charge is 0.129 e. The van der Waals surface area contributed by atoms with E-state index in [1.165, 1.54) is 12.5 Å². The lowest BCUT2D eigenvalue weighted by Crippen LogP contribution is -2.40. The first-order valence-corrected chi connectivity index (χ1v) is 6.89. The Bertz CT molecular complexity index is 391. The van der Waals surface area contributed by atoms with Crippen molar-refractivity contribution in [2.24, 2.45) is 11.7 Å². The average Bonchev–Trinajstić information content (AvgIpc) is 2.34. The first kappa shape index (κ1) is 13.8. The molecular formula is C14H20ClFN2. The van der Waals surface area contributed by atoms with Gasteiger partial charge in [-0.25, -0.2) is 4.39 Å². The topological polar surface area (TPSA) is 29.3 Å². The second kappa shape index (κ2) is 6.00. The van der Waals surface area contributed by atoms with Gasteiger partial charge >= 0.3 is 0 Å². The summed E-state index contributed by atoms with van der Waals surface area (Å²) in [5.74, 6) is 0.384. The summed E-state index contributed by atoms with van der Waals surface area (Å²) in [6, 6.07) is 4.71. The Hall–Kier alpha value is -0.640. The normalized spacial score (nSPS) is 23.0. The van der Waals surface area contributed by atoms with E-state index in [-0.39, 0.29) is 11.9 Å². The second-order valence-corrected chi connectivity index (χ2v) is 5.54. The van der Waals surface area contributed by atoms with Gasteiger partial charge in [0.05, 0.1) is 6.04 Å². The van der Waals surface area contributed by atoms with Crippen LogP contribution < -0.4 is 5.73 Å². The number of benzene rings is 1. The maximum Gasteiger partial charge on any atom is 0.129 e. The number of nitrogens with two attached hydrogens (primary N) is 1. The number of likely N-dealkylation sites (tertiary alicyclic amines) is 1. The average molecular weight is 271 g/mol. The van der Waals surface area contributed by atoms with Gasteiger partial charge in [-0.3, -0.25) is 4.90 Å². The van der Waals surface area contributed by atoms with Gasteiger partial charge in [0.1, 0.15) is 5.82 Å². The molecule has 18 heavy (non-hydrogen) atoms. The molecule has 2 atom stereocenters. The maximum absolute atomic E-state index is 14.0. The van der Waals surface area contributed by atoms with Crippen LogP contribution in [0, 0.1) is 11.7 Å². The highest BCUT2D eigenvalue weighted by Gasteiger charge is 2.27. The molecule has 0 amide bonds. The molecule has 2 nitrogen and oxygen atoms in total. The molecule has 0 unspecified atom stereocenters. The van der Waals surface area contributed by atoms with Gasteiger partial charge in [-0.15, -0.1) is 0 Å². The lowest BCUT2D eigenvalue weighted by atomic mass is 9.96. The fourth-order valence-electron chi connectivity index (χ4n) is 2.79. The van der Waals surface area contributed by atoms with Gasteiger partial charge in [0, 0.05) is 23.7 Å². The third-order valence-corrected chi connectivity index (χ3v) is 4.01. The molecule has 1 aliphatic rings. The lowest BCUT2D eigenvalue weighted by Gasteiger charge is -2.37. The highest BCUT2D eigenvalue weighted by atomic mass is 35.5. The van der Waals surface area contributed by atoms with Crippen molar-refractivity contribution in [3.63, 3.8) is 0 Å². The minimum atomic E-state index is -0.254. The molecule has 1 aromatic carbocycles. The number of hydrogen-bond donors (Lipinski definition) is 1. The Kier molecular flexibility index (Phi) is 4.60. The van der Waals surface area contributed by atoms with Crippen molar-refractivity contribution >= 4 is 11.6 Å². The van der Waals surface area contributed by atoms with Crippen LogP contribution in [0.1, 0.15) is 31.4 Å². The SMILES string of the molecule is C[C@@H]1CCCN([C@@H](CN)c2c(F)cccc2Cl)C1. The summed E-state index contributed by atoms with van der Waals surface area (Å²) >= 11 is 6.14. The molecule has 0 aliphatic carbocycles. The van der Waals surface area contributed by atoms with Crippen molar-refractivity contribution < 1.29 is 4.39 Å². The summed E-state index contributed by atoms with van der Waals surface area (Å²) in [5.41, 5.74) is 6.40. The maximum atomic E-state index is 14.0.